The quantitative estimate of drug-likeness (QED) is 0.322. The Kier molecular flexibility index (Phi) is 6.56. The van der Waals surface area contributed by atoms with Crippen LogP contribution in [0.2, 0.25) is 0 Å². The molecule has 3 aromatic carbocycles. The van der Waals surface area contributed by atoms with Crippen molar-refractivity contribution in [3.05, 3.63) is 93.9 Å². The smallest absolute Gasteiger partial charge is 0.254 e. The van der Waals surface area contributed by atoms with Crippen LogP contribution in [0.1, 0.15) is 16.8 Å². The number of hydrogen-bond acceptors (Lipinski definition) is 5. The van der Waals surface area contributed by atoms with E-state index in [-0.39, 0.29) is 17.2 Å². The number of benzene rings is 3. The lowest BCUT2D eigenvalue weighted by atomic mass is 9.99. The van der Waals surface area contributed by atoms with E-state index in [0.717, 1.165) is 22.1 Å². The zero-order chi connectivity index (χ0) is 22.5. The summed E-state index contributed by atoms with van der Waals surface area (Å²) in [6, 6.07) is 21.4. The molecule has 0 atom stereocenters. The van der Waals surface area contributed by atoms with Crippen molar-refractivity contribution in [2.24, 2.45) is 0 Å². The lowest BCUT2D eigenvalue weighted by Gasteiger charge is -2.10. The van der Waals surface area contributed by atoms with Crippen molar-refractivity contribution in [3.8, 4) is 5.75 Å². The number of H-pyrrole nitrogens is 1. The third-order valence-corrected chi connectivity index (χ3v) is 6.06. The minimum atomic E-state index is -0.187. The number of rotatable bonds is 7. The predicted molar refractivity (Wildman–Crippen MR) is 129 cm³/mol. The van der Waals surface area contributed by atoms with Crippen molar-refractivity contribution in [1.29, 1.82) is 0 Å². The molecule has 0 bridgehead atoms. The van der Waals surface area contributed by atoms with Crippen LogP contribution in [-0.2, 0) is 11.2 Å². The van der Waals surface area contributed by atoms with Crippen LogP contribution >= 0.6 is 11.8 Å². The first-order valence-electron chi connectivity index (χ1n) is 10.2. The molecule has 0 unspecified atom stereocenters. The van der Waals surface area contributed by atoms with Crippen molar-refractivity contribution in [1.82, 2.24) is 9.97 Å². The topological polar surface area (TPSA) is 84.1 Å². The van der Waals surface area contributed by atoms with E-state index >= 15 is 0 Å². The van der Waals surface area contributed by atoms with Crippen molar-refractivity contribution in [2.75, 3.05) is 18.2 Å². The van der Waals surface area contributed by atoms with Gasteiger partial charge in [-0.05, 0) is 47.5 Å². The zero-order valence-electron chi connectivity index (χ0n) is 17.8. The van der Waals surface area contributed by atoms with Gasteiger partial charge in [-0.2, -0.15) is 0 Å². The first kappa shape index (κ1) is 21.6. The number of hydrogen-bond donors (Lipinski definition) is 2. The number of methoxy groups -OCH3 is 1. The summed E-state index contributed by atoms with van der Waals surface area (Å²) in [5.74, 6) is 0.669. The summed E-state index contributed by atoms with van der Waals surface area (Å²) in [7, 11) is 1.59. The number of carbonyl (C=O) groups is 1. The molecule has 0 spiro atoms. The summed E-state index contributed by atoms with van der Waals surface area (Å²) < 4.78 is 5.12. The van der Waals surface area contributed by atoms with Gasteiger partial charge in [0, 0.05) is 17.7 Å². The molecule has 1 amide bonds. The Morgan fingerprint density at radius 1 is 1.06 bits per heavy atom. The van der Waals surface area contributed by atoms with Crippen molar-refractivity contribution >= 4 is 34.1 Å². The summed E-state index contributed by atoms with van der Waals surface area (Å²) in [5, 5.41) is 5.55. The fourth-order valence-electron chi connectivity index (χ4n) is 3.43. The van der Waals surface area contributed by atoms with E-state index < -0.39 is 0 Å². The van der Waals surface area contributed by atoms with Crippen LogP contribution in [-0.4, -0.2) is 28.7 Å². The Labute approximate surface area is 190 Å². The van der Waals surface area contributed by atoms with E-state index in [4.69, 9.17) is 4.74 Å². The van der Waals surface area contributed by atoms with Crippen LogP contribution in [0.5, 0.6) is 5.75 Å². The number of aromatic amines is 1. The molecular formula is C25H23N3O3S. The van der Waals surface area contributed by atoms with Gasteiger partial charge in [-0.15, -0.1) is 0 Å². The van der Waals surface area contributed by atoms with E-state index in [1.165, 1.54) is 11.8 Å². The number of carbonyl (C=O) groups excluding carboxylic acids is 1. The normalized spacial score (nSPS) is 10.8. The molecule has 0 fully saturated rings. The zero-order valence-corrected chi connectivity index (χ0v) is 18.7. The molecule has 0 aliphatic carbocycles. The molecule has 2 N–H and O–H groups in total. The summed E-state index contributed by atoms with van der Waals surface area (Å²) in [5.41, 5.74) is 2.90. The first-order valence-corrected chi connectivity index (χ1v) is 11.1. The molecule has 0 radical (unpaired) electrons. The summed E-state index contributed by atoms with van der Waals surface area (Å²) in [4.78, 5) is 32.2. The number of ether oxygens (including phenoxy) is 1. The maximum Gasteiger partial charge on any atom is 0.254 e. The Balaban J connectivity index is 1.48. The highest BCUT2D eigenvalue weighted by atomic mass is 32.2. The second kappa shape index (κ2) is 9.70. The van der Waals surface area contributed by atoms with E-state index in [0.29, 0.717) is 28.5 Å². The number of aromatic nitrogens is 2. The summed E-state index contributed by atoms with van der Waals surface area (Å²) in [6.07, 6.45) is 0.544. The van der Waals surface area contributed by atoms with Gasteiger partial charge in [0.05, 0.1) is 18.6 Å². The van der Waals surface area contributed by atoms with Gasteiger partial charge in [-0.3, -0.25) is 9.59 Å². The molecule has 32 heavy (non-hydrogen) atoms. The SMILES string of the molecule is COc1ccc(NC(=O)CSc2nc(Cc3cccc4ccccc34)c(C)c(=O)[nH]2)cc1. The number of nitrogens with zero attached hydrogens (tertiary/aromatic N) is 1. The lowest BCUT2D eigenvalue weighted by Crippen LogP contribution is -2.18. The van der Waals surface area contributed by atoms with Crippen LogP contribution in [0.15, 0.2) is 76.7 Å². The molecule has 0 saturated carbocycles. The van der Waals surface area contributed by atoms with Crippen LogP contribution in [0, 0.1) is 6.92 Å². The van der Waals surface area contributed by atoms with Gasteiger partial charge in [-0.25, -0.2) is 4.98 Å². The lowest BCUT2D eigenvalue weighted by molar-refractivity contribution is -0.113. The Morgan fingerprint density at radius 2 is 1.81 bits per heavy atom. The predicted octanol–water partition coefficient (Wildman–Crippen LogP) is 4.56. The largest absolute Gasteiger partial charge is 0.497 e. The Hall–Kier alpha value is -3.58. The van der Waals surface area contributed by atoms with Gasteiger partial charge >= 0.3 is 0 Å². The van der Waals surface area contributed by atoms with Crippen LogP contribution in [0.25, 0.3) is 10.8 Å². The number of nitrogens with one attached hydrogen (secondary N) is 2. The summed E-state index contributed by atoms with van der Waals surface area (Å²) >= 11 is 1.20. The highest BCUT2D eigenvalue weighted by Crippen LogP contribution is 2.22. The second-order valence-electron chi connectivity index (χ2n) is 7.32. The van der Waals surface area contributed by atoms with E-state index in [2.05, 4.69) is 39.6 Å². The van der Waals surface area contributed by atoms with Crippen molar-refractivity contribution in [2.45, 2.75) is 18.5 Å². The fraction of sp³-hybridized carbons (Fsp3) is 0.160. The third-order valence-electron chi connectivity index (χ3n) is 5.18. The Bertz CT molecular complexity index is 1310. The van der Waals surface area contributed by atoms with Crippen molar-refractivity contribution in [3.63, 3.8) is 0 Å². The standard InChI is InChI=1S/C25H23N3O3S/c1-16-22(14-18-8-5-7-17-6-3-4-9-21(17)18)27-25(28-24(16)30)32-15-23(29)26-19-10-12-20(31-2)13-11-19/h3-13H,14-15H2,1-2H3,(H,26,29)(H,27,28,30). The number of amides is 1. The molecule has 0 aliphatic heterocycles. The monoisotopic (exact) mass is 445 g/mol. The highest BCUT2D eigenvalue weighted by Gasteiger charge is 2.12. The van der Waals surface area contributed by atoms with Gasteiger partial charge in [-0.1, -0.05) is 54.2 Å². The first-order chi connectivity index (χ1) is 15.5. The molecule has 6 nitrogen and oxygen atoms in total. The number of anilines is 1. The molecule has 0 saturated heterocycles. The van der Waals surface area contributed by atoms with Gasteiger partial charge < -0.3 is 15.0 Å². The molecule has 0 aliphatic rings. The molecular weight excluding hydrogens is 422 g/mol. The van der Waals surface area contributed by atoms with Crippen LogP contribution < -0.4 is 15.6 Å². The molecule has 4 rings (SSSR count). The van der Waals surface area contributed by atoms with Gasteiger partial charge in [0.15, 0.2) is 5.16 Å². The fourth-order valence-corrected chi connectivity index (χ4v) is 4.11. The van der Waals surface area contributed by atoms with Crippen LogP contribution in [0.4, 0.5) is 5.69 Å². The van der Waals surface area contributed by atoms with Crippen LogP contribution in [0.3, 0.4) is 0 Å². The van der Waals surface area contributed by atoms with Gasteiger partial charge in [0.2, 0.25) is 5.91 Å². The molecule has 7 heteroatoms. The third kappa shape index (κ3) is 5.00. The maximum absolute atomic E-state index is 12.5. The van der Waals surface area contributed by atoms with E-state index in [1.807, 2.05) is 18.2 Å². The van der Waals surface area contributed by atoms with Crippen molar-refractivity contribution < 1.29 is 9.53 Å². The number of thioether (sulfide) groups is 1. The van der Waals surface area contributed by atoms with Gasteiger partial charge in [0.25, 0.3) is 5.56 Å². The molecule has 4 aromatic rings. The summed E-state index contributed by atoms with van der Waals surface area (Å²) in [6.45, 7) is 1.77. The molecule has 1 heterocycles. The minimum Gasteiger partial charge on any atom is -0.497 e. The average Bonchev–Trinajstić information content (AvgIpc) is 2.81. The number of fused-ring (bicyclic) bond motifs is 1. The Morgan fingerprint density at radius 3 is 2.59 bits per heavy atom. The maximum atomic E-state index is 12.5. The molecule has 162 valence electrons. The average molecular weight is 446 g/mol. The second-order valence-corrected chi connectivity index (χ2v) is 8.29. The minimum absolute atomic E-state index is 0.131. The highest BCUT2D eigenvalue weighted by molar-refractivity contribution is 7.99. The molecule has 1 aromatic heterocycles. The van der Waals surface area contributed by atoms with E-state index in [9.17, 15) is 9.59 Å². The van der Waals surface area contributed by atoms with Gasteiger partial charge in [0.1, 0.15) is 5.75 Å². The van der Waals surface area contributed by atoms with E-state index in [1.54, 1.807) is 38.3 Å².